The zero-order valence-electron chi connectivity index (χ0n) is 9.86. The van der Waals surface area contributed by atoms with E-state index < -0.39 is 11.7 Å². The molecular weight excluding hydrogens is 306 g/mol. The summed E-state index contributed by atoms with van der Waals surface area (Å²) in [6.45, 7) is 3.57. The van der Waals surface area contributed by atoms with Crippen LogP contribution in [-0.4, -0.2) is 27.9 Å². The first-order valence-corrected chi connectivity index (χ1v) is 6.89. The highest BCUT2D eigenvalue weighted by Gasteiger charge is 2.24. The molecule has 0 aliphatic carbocycles. The third kappa shape index (κ3) is 4.51. The lowest BCUT2D eigenvalue weighted by atomic mass is 10.0. The van der Waals surface area contributed by atoms with Gasteiger partial charge in [0, 0.05) is 18.2 Å². The van der Waals surface area contributed by atoms with Crippen LogP contribution < -0.4 is 5.73 Å². The van der Waals surface area contributed by atoms with Crippen LogP contribution in [0, 0.1) is 0 Å². The number of carbonyl (C=O) groups is 1. The number of hydrogen-bond acceptors (Lipinski definition) is 5. The predicted octanol–water partition coefficient (Wildman–Crippen LogP) is 2.38. The summed E-state index contributed by atoms with van der Waals surface area (Å²) >= 11 is 4.83. The van der Waals surface area contributed by atoms with Crippen LogP contribution in [0.1, 0.15) is 19.4 Å². The van der Waals surface area contributed by atoms with E-state index in [2.05, 4.69) is 25.9 Å². The number of rotatable bonds is 4. The lowest BCUT2D eigenvalue weighted by Crippen LogP contribution is -2.33. The summed E-state index contributed by atoms with van der Waals surface area (Å²) in [6, 6.07) is 0. The van der Waals surface area contributed by atoms with Crippen molar-refractivity contribution in [1.82, 2.24) is 9.97 Å². The van der Waals surface area contributed by atoms with Crippen LogP contribution in [0.15, 0.2) is 16.0 Å². The molecule has 0 atom stereocenters. The van der Waals surface area contributed by atoms with Crippen LogP contribution in [0.2, 0.25) is 0 Å². The molecule has 1 aromatic heterocycles. The van der Waals surface area contributed by atoms with E-state index in [1.165, 1.54) is 11.8 Å². The van der Waals surface area contributed by atoms with Gasteiger partial charge in [-0.25, -0.2) is 14.8 Å². The van der Waals surface area contributed by atoms with Crippen molar-refractivity contribution in [3.05, 3.63) is 16.4 Å². The molecule has 1 aromatic rings. The Morgan fingerprint density at radius 1 is 1.65 bits per heavy atom. The highest BCUT2D eigenvalue weighted by Crippen LogP contribution is 2.23. The molecule has 0 fully saturated rings. The number of ether oxygens (including phenoxy) is 1. The monoisotopic (exact) mass is 319 g/mol. The van der Waals surface area contributed by atoms with Crippen molar-refractivity contribution in [2.45, 2.75) is 31.0 Å². The third-order valence-corrected chi connectivity index (χ3v) is 3.21. The Morgan fingerprint density at radius 2 is 2.29 bits per heavy atom. The number of hydrogen-bond donors (Lipinski definition) is 1. The highest BCUT2D eigenvalue weighted by molar-refractivity contribution is 9.10. The summed E-state index contributed by atoms with van der Waals surface area (Å²) in [5, 5.41) is 0.689. The van der Waals surface area contributed by atoms with Crippen molar-refractivity contribution in [1.29, 1.82) is 0 Å². The lowest BCUT2D eigenvalue weighted by Gasteiger charge is -2.24. The first-order chi connectivity index (χ1) is 7.84. The maximum absolute atomic E-state index is 10.7. The van der Waals surface area contributed by atoms with Gasteiger partial charge in [0.25, 0.3) is 0 Å². The molecule has 0 saturated carbocycles. The van der Waals surface area contributed by atoms with Gasteiger partial charge in [-0.3, -0.25) is 0 Å². The van der Waals surface area contributed by atoms with Gasteiger partial charge in [0.05, 0.1) is 0 Å². The number of nitrogens with two attached hydrogens (primary N) is 1. The normalized spacial score (nSPS) is 11.3. The van der Waals surface area contributed by atoms with Gasteiger partial charge in [-0.1, -0.05) is 11.8 Å². The van der Waals surface area contributed by atoms with Crippen molar-refractivity contribution in [3.8, 4) is 0 Å². The van der Waals surface area contributed by atoms with Gasteiger partial charge in [-0.2, -0.15) is 0 Å². The van der Waals surface area contributed by atoms with E-state index in [9.17, 15) is 4.79 Å². The standard InChI is InChI=1S/C10H14BrN3O2S/c1-10(2,16-8(12)15)4-6-5-13-9(17-3)14-7(6)11/h5H,4H2,1-3H3,(H2,12,15). The largest absolute Gasteiger partial charge is 0.443 e. The topological polar surface area (TPSA) is 78.1 Å². The first-order valence-electron chi connectivity index (χ1n) is 4.88. The average Bonchev–Trinajstić information content (AvgIpc) is 2.18. The van der Waals surface area contributed by atoms with E-state index in [4.69, 9.17) is 10.5 Å². The van der Waals surface area contributed by atoms with Gasteiger partial charge in [0.1, 0.15) is 10.2 Å². The van der Waals surface area contributed by atoms with Crippen LogP contribution in [0.25, 0.3) is 0 Å². The fourth-order valence-electron chi connectivity index (χ4n) is 1.36. The summed E-state index contributed by atoms with van der Waals surface area (Å²) in [5.74, 6) is 0. The number of aromatic nitrogens is 2. The van der Waals surface area contributed by atoms with Gasteiger partial charge in [-0.15, -0.1) is 0 Å². The molecule has 0 bridgehead atoms. The zero-order valence-corrected chi connectivity index (χ0v) is 12.3. The summed E-state index contributed by atoms with van der Waals surface area (Å²) in [7, 11) is 0. The van der Waals surface area contributed by atoms with Gasteiger partial charge < -0.3 is 10.5 Å². The van der Waals surface area contributed by atoms with Crippen LogP contribution in [0.4, 0.5) is 4.79 Å². The second-order valence-corrected chi connectivity index (χ2v) is 5.55. The first kappa shape index (κ1) is 14.2. The molecule has 1 heterocycles. The van der Waals surface area contributed by atoms with E-state index in [1.807, 2.05) is 6.26 Å². The van der Waals surface area contributed by atoms with E-state index >= 15 is 0 Å². The number of amides is 1. The minimum atomic E-state index is -0.784. The van der Waals surface area contributed by atoms with E-state index in [-0.39, 0.29) is 0 Å². The van der Waals surface area contributed by atoms with Crippen molar-refractivity contribution in [2.24, 2.45) is 5.73 Å². The molecule has 94 valence electrons. The summed E-state index contributed by atoms with van der Waals surface area (Å²) in [4.78, 5) is 19.2. The fraction of sp³-hybridized carbons (Fsp3) is 0.500. The molecule has 2 N–H and O–H groups in total. The number of nitrogens with zero attached hydrogens (tertiary/aromatic N) is 2. The Kier molecular flexibility index (Phi) is 4.76. The maximum Gasteiger partial charge on any atom is 0.405 e. The number of carbonyl (C=O) groups excluding carboxylic acids is 1. The van der Waals surface area contributed by atoms with Crippen LogP contribution in [0.5, 0.6) is 0 Å². The molecule has 0 aromatic carbocycles. The molecule has 0 radical (unpaired) electrons. The fourth-order valence-corrected chi connectivity index (χ4v) is 2.22. The van der Waals surface area contributed by atoms with Crippen molar-refractivity contribution >= 4 is 33.8 Å². The Balaban J connectivity index is 2.84. The zero-order chi connectivity index (χ0) is 13.1. The highest BCUT2D eigenvalue weighted by atomic mass is 79.9. The van der Waals surface area contributed by atoms with E-state index in [1.54, 1.807) is 20.0 Å². The van der Waals surface area contributed by atoms with Crippen molar-refractivity contribution in [2.75, 3.05) is 6.26 Å². The molecule has 7 heteroatoms. The summed E-state index contributed by atoms with van der Waals surface area (Å²) < 4.78 is 5.72. The van der Waals surface area contributed by atoms with E-state index in [0.717, 1.165) is 5.56 Å². The van der Waals surface area contributed by atoms with Crippen LogP contribution >= 0.6 is 27.7 Å². The molecule has 0 unspecified atom stereocenters. The van der Waals surface area contributed by atoms with Crippen molar-refractivity contribution in [3.63, 3.8) is 0 Å². The van der Waals surface area contributed by atoms with Crippen LogP contribution in [-0.2, 0) is 11.2 Å². The molecule has 0 saturated heterocycles. The maximum atomic E-state index is 10.7. The lowest BCUT2D eigenvalue weighted by molar-refractivity contribution is 0.0457. The minimum Gasteiger partial charge on any atom is -0.443 e. The molecule has 1 rings (SSSR count). The Labute approximate surface area is 113 Å². The van der Waals surface area contributed by atoms with Gasteiger partial charge in [-0.05, 0) is 36.0 Å². The van der Waals surface area contributed by atoms with Crippen LogP contribution in [0.3, 0.4) is 0 Å². The molecule has 1 amide bonds. The molecule has 0 aliphatic rings. The van der Waals surface area contributed by atoms with Gasteiger partial charge in [0.2, 0.25) is 0 Å². The molecule has 17 heavy (non-hydrogen) atoms. The van der Waals surface area contributed by atoms with E-state index in [0.29, 0.717) is 16.2 Å². The minimum absolute atomic E-state index is 0.491. The molecular formula is C10H14BrN3O2S. The average molecular weight is 320 g/mol. The Hall–Kier alpha value is -0.820. The Morgan fingerprint density at radius 3 is 2.76 bits per heavy atom. The van der Waals surface area contributed by atoms with Gasteiger partial charge >= 0.3 is 6.09 Å². The number of thioether (sulfide) groups is 1. The number of halogens is 1. The quantitative estimate of drug-likeness (QED) is 0.523. The van der Waals surface area contributed by atoms with Gasteiger partial charge in [0.15, 0.2) is 5.16 Å². The summed E-state index contributed by atoms with van der Waals surface area (Å²) in [6.07, 6.45) is 3.33. The number of primary amides is 1. The van der Waals surface area contributed by atoms with Crippen molar-refractivity contribution < 1.29 is 9.53 Å². The smallest absolute Gasteiger partial charge is 0.405 e. The molecule has 5 nitrogen and oxygen atoms in total. The second-order valence-electron chi connectivity index (χ2n) is 4.03. The second kappa shape index (κ2) is 5.68. The SMILES string of the molecule is CSc1ncc(CC(C)(C)OC(N)=O)c(Br)n1. The summed E-state index contributed by atoms with van der Waals surface area (Å²) in [5.41, 5.74) is 5.20. The third-order valence-electron chi connectivity index (χ3n) is 1.97. The predicted molar refractivity (Wildman–Crippen MR) is 70.0 cm³/mol. The molecule has 0 spiro atoms. The Bertz CT molecular complexity index is 426. The molecule has 0 aliphatic heterocycles.